The van der Waals surface area contributed by atoms with E-state index in [0.717, 1.165) is 71.0 Å². The molecule has 0 saturated carbocycles. The molecule has 1 aromatic heterocycles. The molecule has 144 valence electrons. The number of anilines is 1. The predicted molar refractivity (Wildman–Crippen MR) is 98.4 cm³/mol. The van der Waals surface area contributed by atoms with Crippen LogP contribution in [0.2, 0.25) is 0 Å². The third kappa shape index (κ3) is 5.28. The van der Waals surface area contributed by atoms with Crippen molar-refractivity contribution in [3.63, 3.8) is 0 Å². The molecule has 1 amide bonds. The minimum atomic E-state index is 0.0102. The summed E-state index contributed by atoms with van der Waals surface area (Å²) in [5.74, 6) is 1.46. The molecule has 0 aliphatic carbocycles. The number of piperidine rings is 1. The van der Waals surface area contributed by atoms with Crippen molar-refractivity contribution >= 4 is 11.7 Å². The van der Waals surface area contributed by atoms with Gasteiger partial charge in [0.2, 0.25) is 11.8 Å². The van der Waals surface area contributed by atoms with Gasteiger partial charge in [-0.15, -0.1) is 10.2 Å². The SMILES string of the molecule is COc1ccc(N2CCC[C@H](C(=O)NCCCN3CCOCC3)C2)nn1. The monoisotopic (exact) mass is 363 g/mol. The van der Waals surface area contributed by atoms with Crippen LogP contribution in [0.3, 0.4) is 0 Å². The van der Waals surface area contributed by atoms with Gasteiger partial charge in [-0.2, -0.15) is 0 Å². The molecule has 0 unspecified atom stereocenters. The van der Waals surface area contributed by atoms with Crippen molar-refractivity contribution in [1.82, 2.24) is 20.4 Å². The minimum Gasteiger partial charge on any atom is -0.480 e. The summed E-state index contributed by atoms with van der Waals surface area (Å²) in [4.78, 5) is 17.0. The molecular weight excluding hydrogens is 334 g/mol. The van der Waals surface area contributed by atoms with Gasteiger partial charge < -0.3 is 19.7 Å². The van der Waals surface area contributed by atoms with E-state index in [9.17, 15) is 4.79 Å². The Morgan fingerprint density at radius 1 is 1.31 bits per heavy atom. The van der Waals surface area contributed by atoms with E-state index in [1.54, 1.807) is 13.2 Å². The third-order valence-corrected chi connectivity index (χ3v) is 5.01. The second kappa shape index (κ2) is 9.68. The quantitative estimate of drug-likeness (QED) is 0.708. The summed E-state index contributed by atoms with van der Waals surface area (Å²) in [5, 5.41) is 11.3. The number of hydrogen-bond donors (Lipinski definition) is 1. The second-order valence-corrected chi connectivity index (χ2v) is 6.82. The zero-order chi connectivity index (χ0) is 18.2. The first-order valence-electron chi connectivity index (χ1n) is 9.47. The highest BCUT2D eigenvalue weighted by Crippen LogP contribution is 2.22. The molecule has 8 nitrogen and oxygen atoms in total. The Labute approximate surface area is 154 Å². The van der Waals surface area contributed by atoms with Crippen LogP contribution in [0.25, 0.3) is 0 Å². The molecule has 2 aliphatic heterocycles. The normalized spacial score (nSPS) is 21.4. The van der Waals surface area contributed by atoms with Crippen molar-refractivity contribution in [2.24, 2.45) is 5.92 Å². The van der Waals surface area contributed by atoms with Gasteiger partial charge in [0.1, 0.15) is 0 Å². The molecule has 8 heteroatoms. The van der Waals surface area contributed by atoms with Gasteiger partial charge in [0.05, 0.1) is 26.2 Å². The van der Waals surface area contributed by atoms with Crippen molar-refractivity contribution in [2.75, 3.05) is 64.5 Å². The fraction of sp³-hybridized carbons (Fsp3) is 0.722. The zero-order valence-corrected chi connectivity index (χ0v) is 15.5. The van der Waals surface area contributed by atoms with Crippen LogP contribution in [0.4, 0.5) is 5.82 Å². The van der Waals surface area contributed by atoms with Crippen LogP contribution in [0.15, 0.2) is 12.1 Å². The van der Waals surface area contributed by atoms with E-state index >= 15 is 0 Å². The van der Waals surface area contributed by atoms with Crippen LogP contribution in [-0.2, 0) is 9.53 Å². The first-order valence-corrected chi connectivity index (χ1v) is 9.47. The summed E-state index contributed by atoms with van der Waals surface area (Å²) in [6.07, 6.45) is 2.89. The molecule has 0 aromatic carbocycles. The fourth-order valence-corrected chi connectivity index (χ4v) is 3.47. The van der Waals surface area contributed by atoms with E-state index < -0.39 is 0 Å². The molecule has 1 N–H and O–H groups in total. The fourth-order valence-electron chi connectivity index (χ4n) is 3.47. The van der Waals surface area contributed by atoms with E-state index in [4.69, 9.17) is 9.47 Å². The molecule has 0 spiro atoms. The van der Waals surface area contributed by atoms with E-state index in [-0.39, 0.29) is 11.8 Å². The summed E-state index contributed by atoms with van der Waals surface area (Å²) >= 11 is 0. The number of carbonyl (C=O) groups excluding carboxylic acids is 1. The standard InChI is InChI=1S/C18H29N5O3/c1-25-17-6-5-16(20-21-17)23-9-2-4-15(14-23)18(24)19-7-3-8-22-10-12-26-13-11-22/h5-6,15H,2-4,7-14H2,1H3,(H,19,24)/t15-/m0/s1. The number of ether oxygens (including phenoxy) is 2. The molecule has 3 heterocycles. The Balaban J connectivity index is 1.40. The Hall–Kier alpha value is -1.93. The number of rotatable bonds is 7. The van der Waals surface area contributed by atoms with Crippen molar-refractivity contribution in [3.05, 3.63) is 12.1 Å². The highest BCUT2D eigenvalue weighted by molar-refractivity contribution is 5.79. The lowest BCUT2D eigenvalue weighted by molar-refractivity contribution is -0.125. The topological polar surface area (TPSA) is 79.8 Å². The highest BCUT2D eigenvalue weighted by atomic mass is 16.5. The Morgan fingerprint density at radius 2 is 2.15 bits per heavy atom. The van der Waals surface area contributed by atoms with Crippen LogP contribution in [0, 0.1) is 5.92 Å². The largest absolute Gasteiger partial charge is 0.480 e. The van der Waals surface area contributed by atoms with Gasteiger partial charge in [-0.25, -0.2) is 0 Å². The van der Waals surface area contributed by atoms with E-state index in [1.165, 1.54) is 0 Å². The van der Waals surface area contributed by atoms with Crippen molar-refractivity contribution in [3.8, 4) is 5.88 Å². The maximum absolute atomic E-state index is 12.5. The van der Waals surface area contributed by atoms with Gasteiger partial charge in [-0.05, 0) is 31.9 Å². The van der Waals surface area contributed by atoms with Crippen LogP contribution in [0.5, 0.6) is 5.88 Å². The van der Waals surface area contributed by atoms with E-state index in [2.05, 4.69) is 25.3 Å². The molecule has 2 saturated heterocycles. The number of nitrogens with zero attached hydrogens (tertiary/aromatic N) is 4. The molecule has 3 rings (SSSR count). The first-order chi connectivity index (χ1) is 12.8. The maximum atomic E-state index is 12.5. The van der Waals surface area contributed by atoms with Gasteiger partial charge in [-0.3, -0.25) is 9.69 Å². The average molecular weight is 363 g/mol. The van der Waals surface area contributed by atoms with Gasteiger partial charge in [-0.1, -0.05) is 0 Å². The van der Waals surface area contributed by atoms with E-state index in [0.29, 0.717) is 12.4 Å². The van der Waals surface area contributed by atoms with Crippen LogP contribution >= 0.6 is 0 Å². The lowest BCUT2D eigenvalue weighted by Gasteiger charge is -2.32. The highest BCUT2D eigenvalue weighted by Gasteiger charge is 2.26. The summed E-state index contributed by atoms with van der Waals surface area (Å²) in [5.41, 5.74) is 0. The number of carbonyl (C=O) groups is 1. The lowest BCUT2D eigenvalue weighted by atomic mass is 9.97. The second-order valence-electron chi connectivity index (χ2n) is 6.82. The summed E-state index contributed by atoms with van der Waals surface area (Å²) < 4.78 is 10.4. The first kappa shape index (κ1) is 18.8. The Morgan fingerprint density at radius 3 is 2.88 bits per heavy atom. The molecule has 2 fully saturated rings. The molecular formula is C18H29N5O3. The van der Waals surface area contributed by atoms with Gasteiger partial charge in [0.25, 0.3) is 0 Å². The number of morpholine rings is 1. The third-order valence-electron chi connectivity index (χ3n) is 5.01. The summed E-state index contributed by atoms with van der Waals surface area (Å²) in [7, 11) is 1.57. The number of aromatic nitrogens is 2. The van der Waals surface area contributed by atoms with Crippen molar-refractivity contribution in [2.45, 2.75) is 19.3 Å². The summed E-state index contributed by atoms with van der Waals surface area (Å²) in [6, 6.07) is 3.70. The van der Waals surface area contributed by atoms with E-state index in [1.807, 2.05) is 6.07 Å². The van der Waals surface area contributed by atoms with Gasteiger partial charge in [0.15, 0.2) is 5.82 Å². The summed E-state index contributed by atoms with van der Waals surface area (Å²) in [6.45, 7) is 6.97. The molecule has 0 radical (unpaired) electrons. The Kier molecular flexibility index (Phi) is 7.02. The Bertz CT molecular complexity index is 562. The van der Waals surface area contributed by atoms with Crippen LogP contribution in [-0.4, -0.2) is 80.6 Å². The lowest BCUT2D eigenvalue weighted by Crippen LogP contribution is -2.44. The number of nitrogens with one attached hydrogen (secondary N) is 1. The minimum absolute atomic E-state index is 0.0102. The van der Waals surface area contributed by atoms with Crippen molar-refractivity contribution in [1.29, 1.82) is 0 Å². The molecule has 26 heavy (non-hydrogen) atoms. The maximum Gasteiger partial charge on any atom is 0.233 e. The van der Waals surface area contributed by atoms with Crippen molar-refractivity contribution < 1.29 is 14.3 Å². The number of hydrogen-bond acceptors (Lipinski definition) is 7. The smallest absolute Gasteiger partial charge is 0.233 e. The van der Waals surface area contributed by atoms with Gasteiger partial charge >= 0.3 is 0 Å². The molecule has 1 atom stereocenters. The molecule has 2 aliphatic rings. The number of amides is 1. The van der Waals surface area contributed by atoms with Crippen LogP contribution < -0.4 is 15.0 Å². The van der Waals surface area contributed by atoms with Gasteiger partial charge in [0, 0.05) is 38.8 Å². The zero-order valence-electron chi connectivity index (χ0n) is 15.5. The predicted octanol–water partition coefficient (Wildman–Crippen LogP) is 0.540. The number of methoxy groups -OCH3 is 1. The molecule has 1 aromatic rings. The van der Waals surface area contributed by atoms with Crippen LogP contribution in [0.1, 0.15) is 19.3 Å². The molecule has 0 bridgehead atoms. The average Bonchev–Trinajstić information content (AvgIpc) is 2.72.